The van der Waals surface area contributed by atoms with Crippen LogP contribution < -0.4 is 5.32 Å². The molecule has 0 aliphatic heterocycles. The van der Waals surface area contributed by atoms with Gasteiger partial charge in [0.25, 0.3) is 0 Å². The van der Waals surface area contributed by atoms with Crippen LogP contribution in [0.4, 0.5) is 10.1 Å². The lowest BCUT2D eigenvalue weighted by Gasteiger charge is -2.38. The molecule has 0 aromatic heterocycles. The lowest BCUT2D eigenvalue weighted by Crippen LogP contribution is -2.43. The average molecular weight is 289 g/mol. The standard InChI is InChI=1S/C17H20FNO2/c1-15(2)16(3)8-9-17(15,10-13(16)20)14(21)19-12-6-4-11(18)5-7-12/h4-7H,8-10H2,1-3H3,(H,19,21)/t16-,17+/m1/s1. The van der Waals surface area contributed by atoms with Crippen LogP contribution in [-0.4, -0.2) is 11.7 Å². The first kappa shape index (κ1) is 14.2. The van der Waals surface area contributed by atoms with Gasteiger partial charge in [0.2, 0.25) is 5.91 Å². The Bertz CT molecular complexity index is 622. The van der Waals surface area contributed by atoms with Crippen LogP contribution in [-0.2, 0) is 9.59 Å². The molecular formula is C17H20FNO2. The van der Waals surface area contributed by atoms with E-state index in [-0.39, 0.29) is 22.9 Å². The van der Waals surface area contributed by atoms with Crippen molar-refractivity contribution in [2.75, 3.05) is 5.32 Å². The number of ketones is 1. The molecule has 3 nitrogen and oxygen atoms in total. The number of carbonyl (C=O) groups excluding carboxylic acids is 2. The molecule has 0 saturated heterocycles. The van der Waals surface area contributed by atoms with Gasteiger partial charge in [0, 0.05) is 17.5 Å². The molecular weight excluding hydrogens is 269 g/mol. The van der Waals surface area contributed by atoms with E-state index in [0.29, 0.717) is 12.1 Å². The maximum absolute atomic E-state index is 12.9. The summed E-state index contributed by atoms with van der Waals surface area (Å²) >= 11 is 0. The van der Waals surface area contributed by atoms with Gasteiger partial charge in [-0.15, -0.1) is 0 Å². The Kier molecular flexibility index (Phi) is 2.81. The van der Waals surface area contributed by atoms with Crippen LogP contribution in [0.3, 0.4) is 0 Å². The Morgan fingerprint density at radius 3 is 2.24 bits per heavy atom. The number of hydrogen-bond donors (Lipinski definition) is 1. The summed E-state index contributed by atoms with van der Waals surface area (Å²) in [5, 5.41) is 2.87. The fourth-order valence-corrected chi connectivity index (χ4v) is 4.14. The number of anilines is 1. The Morgan fingerprint density at radius 2 is 1.76 bits per heavy atom. The third-order valence-corrected chi connectivity index (χ3v) is 6.24. The first-order valence-electron chi connectivity index (χ1n) is 7.33. The maximum atomic E-state index is 12.9. The van der Waals surface area contributed by atoms with E-state index in [4.69, 9.17) is 0 Å². The van der Waals surface area contributed by atoms with Crippen LogP contribution in [0.25, 0.3) is 0 Å². The number of benzene rings is 1. The zero-order valence-electron chi connectivity index (χ0n) is 12.6. The van der Waals surface area contributed by atoms with Gasteiger partial charge in [-0.3, -0.25) is 9.59 Å². The summed E-state index contributed by atoms with van der Waals surface area (Å²) in [6, 6.07) is 5.72. The van der Waals surface area contributed by atoms with Crippen LogP contribution >= 0.6 is 0 Å². The molecule has 1 aromatic carbocycles. The summed E-state index contributed by atoms with van der Waals surface area (Å²) in [4.78, 5) is 25.2. The summed E-state index contributed by atoms with van der Waals surface area (Å²) < 4.78 is 12.9. The van der Waals surface area contributed by atoms with Gasteiger partial charge in [0.05, 0.1) is 5.41 Å². The topological polar surface area (TPSA) is 46.2 Å². The lowest BCUT2D eigenvalue weighted by atomic mass is 9.64. The molecule has 1 N–H and O–H groups in total. The van der Waals surface area contributed by atoms with Crippen LogP contribution in [0.15, 0.2) is 24.3 Å². The largest absolute Gasteiger partial charge is 0.326 e. The van der Waals surface area contributed by atoms with E-state index in [1.54, 1.807) is 12.1 Å². The summed E-state index contributed by atoms with van der Waals surface area (Å²) in [7, 11) is 0. The van der Waals surface area contributed by atoms with E-state index in [0.717, 1.165) is 12.8 Å². The molecule has 2 aliphatic carbocycles. The predicted molar refractivity (Wildman–Crippen MR) is 78.2 cm³/mol. The van der Waals surface area contributed by atoms with Gasteiger partial charge >= 0.3 is 0 Å². The summed E-state index contributed by atoms with van der Waals surface area (Å²) in [6.45, 7) is 6.03. The molecule has 2 bridgehead atoms. The summed E-state index contributed by atoms with van der Waals surface area (Å²) in [6.07, 6.45) is 1.80. The highest BCUT2D eigenvalue weighted by Gasteiger charge is 2.72. The number of Topliss-reactive ketones (excluding diaryl/α,β-unsaturated/α-hetero) is 1. The van der Waals surface area contributed by atoms with E-state index >= 15 is 0 Å². The molecule has 0 unspecified atom stereocenters. The molecule has 2 saturated carbocycles. The molecule has 0 heterocycles. The molecule has 3 rings (SSSR count). The average Bonchev–Trinajstić information content (AvgIpc) is 2.72. The second-order valence-electron chi connectivity index (χ2n) is 7.10. The van der Waals surface area contributed by atoms with Gasteiger partial charge in [-0.05, 0) is 42.5 Å². The normalized spacial score (nSPS) is 33.2. The van der Waals surface area contributed by atoms with E-state index in [1.165, 1.54) is 12.1 Å². The Balaban J connectivity index is 1.91. The van der Waals surface area contributed by atoms with Crippen LogP contribution in [0.2, 0.25) is 0 Å². The van der Waals surface area contributed by atoms with E-state index in [1.807, 2.05) is 20.8 Å². The fourth-order valence-electron chi connectivity index (χ4n) is 4.14. The second-order valence-corrected chi connectivity index (χ2v) is 7.10. The van der Waals surface area contributed by atoms with Crippen molar-refractivity contribution in [2.24, 2.45) is 16.2 Å². The first-order chi connectivity index (χ1) is 9.73. The van der Waals surface area contributed by atoms with Crippen molar-refractivity contribution in [3.8, 4) is 0 Å². The minimum absolute atomic E-state index is 0.117. The molecule has 0 spiro atoms. The molecule has 1 amide bonds. The van der Waals surface area contributed by atoms with Crippen molar-refractivity contribution < 1.29 is 14.0 Å². The van der Waals surface area contributed by atoms with Crippen LogP contribution in [0.1, 0.15) is 40.0 Å². The van der Waals surface area contributed by atoms with E-state index in [9.17, 15) is 14.0 Å². The Morgan fingerprint density at radius 1 is 1.14 bits per heavy atom. The third kappa shape index (κ3) is 1.65. The van der Waals surface area contributed by atoms with Crippen LogP contribution in [0, 0.1) is 22.1 Å². The molecule has 2 aliphatic rings. The van der Waals surface area contributed by atoms with Gasteiger partial charge < -0.3 is 5.32 Å². The van der Waals surface area contributed by atoms with Crippen molar-refractivity contribution in [1.82, 2.24) is 0 Å². The smallest absolute Gasteiger partial charge is 0.231 e. The van der Waals surface area contributed by atoms with Gasteiger partial charge in [-0.1, -0.05) is 20.8 Å². The SMILES string of the molecule is CC1(C)[C@@]2(C(=O)Nc3ccc(F)cc3)CC[C@]1(C)C(=O)C2. The van der Waals surface area contributed by atoms with Gasteiger partial charge in [-0.25, -0.2) is 4.39 Å². The molecule has 21 heavy (non-hydrogen) atoms. The highest BCUT2D eigenvalue weighted by Crippen LogP contribution is 2.70. The fraction of sp³-hybridized carbons (Fsp3) is 0.529. The minimum atomic E-state index is -0.646. The highest BCUT2D eigenvalue weighted by molar-refractivity contribution is 6.04. The van der Waals surface area contributed by atoms with Crippen LogP contribution in [0.5, 0.6) is 0 Å². The minimum Gasteiger partial charge on any atom is -0.326 e. The molecule has 1 aromatic rings. The van der Waals surface area contributed by atoms with Gasteiger partial charge in [-0.2, -0.15) is 0 Å². The Labute approximate surface area is 123 Å². The molecule has 0 radical (unpaired) electrons. The number of carbonyl (C=O) groups is 2. The monoisotopic (exact) mass is 289 g/mol. The number of nitrogens with one attached hydrogen (secondary N) is 1. The predicted octanol–water partition coefficient (Wildman–Crippen LogP) is 3.55. The van der Waals surface area contributed by atoms with Crippen molar-refractivity contribution >= 4 is 17.4 Å². The first-order valence-corrected chi connectivity index (χ1v) is 7.33. The zero-order chi connectivity index (χ0) is 15.5. The maximum Gasteiger partial charge on any atom is 0.231 e. The third-order valence-electron chi connectivity index (χ3n) is 6.24. The van der Waals surface area contributed by atoms with Crippen molar-refractivity contribution in [3.63, 3.8) is 0 Å². The zero-order valence-corrected chi connectivity index (χ0v) is 12.6. The van der Waals surface area contributed by atoms with Gasteiger partial charge in [0.1, 0.15) is 11.6 Å². The second kappa shape index (κ2) is 4.15. The number of amides is 1. The quantitative estimate of drug-likeness (QED) is 0.905. The molecule has 2 fully saturated rings. The number of halogens is 1. The number of fused-ring (bicyclic) bond motifs is 2. The van der Waals surface area contributed by atoms with Crippen molar-refractivity contribution in [1.29, 1.82) is 0 Å². The molecule has 2 atom stereocenters. The van der Waals surface area contributed by atoms with Crippen molar-refractivity contribution in [2.45, 2.75) is 40.0 Å². The van der Waals surface area contributed by atoms with E-state index < -0.39 is 10.8 Å². The number of rotatable bonds is 2. The van der Waals surface area contributed by atoms with Gasteiger partial charge in [0.15, 0.2) is 0 Å². The summed E-state index contributed by atoms with van der Waals surface area (Å²) in [5.41, 5.74) is -0.846. The number of hydrogen-bond acceptors (Lipinski definition) is 2. The molecule has 112 valence electrons. The Hall–Kier alpha value is -1.71. The highest BCUT2D eigenvalue weighted by atomic mass is 19.1. The summed E-state index contributed by atoms with van der Waals surface area (Å²) in [5.74, 6) is -0.266. The van der Waals surface area contributed by atoms with E-state index in [2.05, 4.69) is 5.32 Å². The lowest BCUT2D eigenvalue weighted by molar-refractivity contribution is -0.131. The molecule has 4 heteroatoms. The van der Waals surface area contributed by atoms with Crippen molar-refractivity contribution in [3.05, 3.63) is 30.1 Å².